The third kappa shape index (κ3) is 6.39. The number of fused-ring (bicyclic) bond motifs is 2. The first-order chi connectivity index (χ1) is 23.5. The van der Waals surface area contributed by atoms with Gasteiger partial charge in [-0.1, -0.05) is 24.3 Å². The number of benzene rings is 3. The average Bonchev–Trinajstić information content (AvgIpc) is 3.79. The van der Waals surface area contributed by atoms with Crippen molar-refractivity contribution in [2.24, 2.45) is 5.73 Å². The van der Waals surface area contributed by atoms with Gasteiger partial charge in [-0.05, 0) is 73.7 Å². The Hall–Kier alpha value is -5.14. The van der Waals surface area contributed by atoms with E-state index in [0.29, 0.717) is 61.8 Å². The number of ether oxygens (including phenoxy) is 1. The predicted octanol–water partition coefficient (Wildman–Crippen LogP) is 5.93. The molecule has 254 valence electrons. The molecule has 11 nitrogen and oxygen atoms in total. The summed E-state index contributed by atoms with van der Waals surface area (Å²) in [6.45, 7) is 2.90. The van der Waals surface area contributed by atoms with Gasteiger partial charge in [-0.25, -0.2) is 9.97 Å². The van der Waals surface area contributed by atoms with Gasteiger partial charge in [-0.15, -0.1) is 0 Å². The highest BCUT2D eigenvalue weighted by Gasteiger charge is 2.32. The van der Waals surface area contributed by atoms with Gasteiger partial charge in [-0.3, -0.25) is 19.4 Å². The first-order valence-electron chi connectivity index (χ1n) is 16.1. The lowest BCUT2D eigenvalue weighted by atomic mass is 9.91. The second-order valence-electron chi connectivity index (χ2n) is 12.6. The van der Waals surface area contributed by atoms with Crippen LogP contribution in [0.3, 0.4) is 0 Å². The minimum absolute atomic E-state index is 0.0760. The number of nitrogens with zero attached hydrogens (tertiary/aromatic N) is 4. The molecule has 0 aliphatic carbocycles. The van der Waals surface area contributed by atoms with Crippen LogP contribution in [0.4, 0.5) is 8.78 Å². The van der Waals surface area contributed by atoms with Crippen molar-refractivity contribution >= 4 is 23.0 Å². The van der Waals surface area contributed by atoms with Crippen molar-refractivity contribution in [3.63, 3.8) is 0 Å². The molecule has 0 bridgehead atoms. The van der Waals surface area contributed by atoms with Crippen LogP contribution in [0, 0.1) is 13.8 Å². The average molecular weight is 672 g/mol. The number of carbonyl (C=O) groups is 2. The minimum Gasteiger partial charge on any atom is -0.480 e. The van der Waals surface area contributed by atoms with E-state index in [2.05, 4.69) is 0 Å². The lowest BCUT2D eigenvalue weighted by molar-refractivity contribution is -0.142. The molecule has 0 radical (unpaired) electrons. The number of nitrogens with two attached hydrogens (primary N) is 1. The van der Waals surface area contributed by atoms with E-state index < -0.39 is 18.6 Å². The summed E-state index contributed by atoms with van der Waals surface area (Å²) in [6.07, 6.45) is 1.83. The molecule has 5 aromatic rings. The summed E-state index contributed by atoms with van der Waals surface area (Å²) in [5, 5.41) is 9.62. The van der Waals surface area contributed by atoms with Crippen LogP contribution < -0.4 is 10.5 Å². The Morgan fingerprint density at radius 2 is 1.67 bits per heavy atom. The van der Waals surface area contributed by atoms with E-state index in [1.807, 2.05) is 55.1 Å². The number of likely N-dealkylation sites (tertiary alicyclic amines) is 1. The Bertz CT molecular complexity index is 2070. The number of hydrogen-bond donors (Lipinski definition) is 2. The van der Waals surface area contributed by atoms with Crippen LogP contribution in [0.5, 0.6) is 5.75 Å². The fourth-order valence-electron chi connectivity index (χ4n) is 7.00. The number of carboxylic acid groups (broad SMARTS) is 1. The van der Waals surface area contributed by atoms with Gasteiger partial charge >= 0.3 is 12.6 Å². The van der Waals surface area contributed by atoms with Crippen LogP contribution in [0.1, 0.15) is 41.0 Å². The number of primary amides is 1. The van der Waals surface area contributed by atoms with Gasteiger partial charge in [0.25, 0.3) is 0 Å². The zero-order valence-corrected chi connectivity index (χ0v) is 27.0. The fraction of sp³-hybridized carbons (Fsp3) is 0.333. The third-order valence-electron chi connectivity index (χ3n) is 9.41. The van der Waals surface area contributed by atoms with E-state index in [9.17, 15) is 23.5 Å². The molecule has 4 heterocycles. The lowest BCUT2D eigenvalue weighted by Crippen LogP contribution is -2.37. The van der Waals surface area contributed by atoms with E-state index in [1.54, 1.807) is 11.0 Å². The number of aliphatic carboxylic acids is 1. The van der Waals surface area contributed by atoms with Crippen molar-refractivity contribution in [2.75, 3.05) is 19.6 Å². The van der Waals surface area contributed by atoms with Gasteiger partial charge in [0.2, 0.25) is 17.7 Å². The molecule has 0 spiro atoms. The maximum absolute atomic E-state index is 13.4. The molecule has 2 aromatic heterocycles. The van der Waals surface area contributed by atoms with Crippen molar-refractivity contribution < 1.29 is 37.0 Å². The molecule has 3 N–H and O–H groups in total. The highest BCUT2D eigenvalue weighted by atomic mass is 19.3. The Morgan fingerprint density at radius 1 is 1.00 bits per heavy atom. The Kier molecular flexibility index (Phi) is 8.63. The van der Waals surface area contributed by atoms with Crippen LogP contribution in [-0.2, 0) is 29.1 Å². The largest absolute Gasteiger partial charge is 0.480 e. The molecular weight excluding hydrogens is 636 g/mol. The quantitative estimate of drug-likeness (QED) is 0.183. The minimum atomic E-state index is -3.07. The molecule has 13 heteroatoms. The van der Waals surface area contributed by atoms with E-state index in [1.165, 1.54) is 6.07 Å². The monoisotopic (exact) mass is 671 g/mol. The van der Waals surface area contributed by atoms with Crippen LogP contribution in [-0.4, -0.2) is 69.0 Å². The Balaban J connectivity index is 1.21. The molecule has 7 rings (SSSR count). The SMILES string of the molecule is Cc1c(-c2nc3c(o2)CCN(CC(N)=O)C3)cccc1-c1cccc(-c2nc3cc(CN4CCC[C@H]4C(=O)O)c(OC(F)F)cc3o2)c1C. The predicted molar refractivity (Wildman–Crippen MR) is 176 cm³/mol. The van der Waals surface area contributed by atoms with Gasteiger partial charge in [0.05, 0.1) is 12.2 Å². The smallest absolute Gasteiger partial charge is 0.387 e. The zero-order chi connectivity index (χ0) is 34.4. The molecule has 2 aliphatic rings. The summed E-state index contributed by atoms with van der Waals surface area (Å²) in [5.74, 6) is 0.236. The van der Waals surface area contributed by atoms with Gasteiger partial charge < -0.3 is 24.4 Å². The van der Waals surface area contributed by atoms with Crippen molar-refractivity contribution in [2.45, 2.75) is 58.9 Å². The van der Waals surface area contributed by atoms with Crippen LogP contribution >= 0.6 is 0 Å². The lowest BCUT2D eigenvalue weighted by Gasteiger charge is -2.23. The number of alkyl halides is 2. The zero-order valence-electron chi connectivity index (χ0n) is 27.0. The Labute approximate surface area is 280 Å². The highest BCUT2D eigenvalue weighted by molar-refractivity contribution is 5.84. The van der Waals surface area contributed by atoms with Crippen molar-refractivity contribution in [1.82, 2.24) is 19.8 Å². The molecule has 3 aromatic carbocycles. The van der Waals surface area contributed by atoms with Gasteiger partial charge in [-0.2, -0.15) is 8.78 Å². The summed E-state index contributed by atoms with van der Waals surface area (Å²) in [6, 6.07) is 14.1. The number of halogens is 2. The molecule has 1 saturated heterocycles. The van der Waals surface area contributed by atoms with Crippen molar-refractivity contribution in [3.8, 4) is 39.8 Å². The number of hydrogen-bond acceptors (Lipinski definition) is 9. The highest BCUT2D eigenvalue weighted by Crippen LogP contribution is 2.39. The van der Waals surface area contributed by atoms with E-state index in [-0.39, 0.29) is 30.3 Å². The number of aromatic nitrogens is 2. The topological polar surface area (TPSA) is 148 Å². The van der Waals surface area contributed by atoms with E-state index in [0.717, 1.165) is 44.8 Å². The summed E-state index contributed by atoms with van der Waals surface area (Å²) in [5.41, 5.74) is 12.7. The molecule has 1 fully saturated rings. The van der Waals surface area contributed by atoms with E-state index >= 15 is 0 Å². The molecule has 0 saturated carbocycles. The molecule has 0 unspecified atom stereocenters. The standard InChI is InChI=1S/C36H35F2N5O6/c1-19-22(23-7-4-9-25(20(23)2)34-41-27-17-42(18-32(39)44)13-11-29(27)47-34)6-3-8-24(19)33-40-26-14-21(16-43-12-5-10-28(43)35(45)46)30(49-36(37)38)15-31(26)48-33/h3-4,6-9,14-15,28,36H,5,10-13,16-18H2,1-2H3,(H2,39,44)(H,45,46)/t28-/m0/s1. The molecular formula is C36H35F2N5O6. The molecule has 1 amide bonds. The van der Waals surface area contributed by atoms with Gasteiger partial charge in [0, 0.05) is 48.8 Å². The van der Waals surface area contributed by atoms with E-state index in [4.69, 9.17) is 29.3 Å². The van der Waals surface area contributed by atoms with Crippen molar-refractivity contribution in [3.05, 3.63) is 76.7 Å². The third-order valence-corrected chi connectivity index (χ3v) is 9.41. The molecule has 49 heavy (non-hydrogen) atoms. The number of rotatable bonds is 10. The Morgan fingerprint density at radius 3 is 2.33 bits per heavy atom. The van der Waals surface area contributed by atoms with Crippen LogP contribution in [0.15, 0.2) is 57.4 Å². The van der Waals surface area contributed by atoms with Gasteiger partial charge in [0.1, 0.15) is 23.1 Å². The second kappa shape index (κ2) is 13.1. The molecule has 1 atom stereocenters. The second-order valence-corrected chi connectivity index (χ2v) is 12.6. The number of oxazole rings is 2. The summed E-state index contributed by atoms with van der Waals surface area (Å²) in [4.78, 5) is 36.4. The maximum atomic E-state index is 13.4. The first-order valence-corrected chi connectivity index (χ1v) is 16.1. The normalized spacial score (nSPS) is 16.8. The van der Waals surface area contributed by atoms with Crippen LogP contribution in [0.2, 0.25) is 0 Å². The number of amides is 1. The number of carboxylic acids is 1. The summed E-state index contributed by atoms with van der Waals surface area (Å²) in [7, 11) is 0. The maximum Gasteiger partial charge on any atom is 0.387 e. The van der Waals surface area contributed by atoms with Crippen LogP contribution in [0.25, 0.3) is 45.1 Å². The summed E-state index contributed by atoms with van der Waals surface area (Å²) >= 11 is 0. The molecule has 2 aliphatic heterocycles. The summed E-state index contributed by atoms with van der Waals surface area (Å²) < 4.78 is 44.1. The van der Waals surface area contributed by atoms with Crippen molar-refractivity contribution in [1.29, 1.82) is 0 Å². The first kappa shape index (κ1) is 32.4. The fourth-order valence-corrected chi connectivity index (χ4v) is 7.00. The van der Waals surface area contributed by atoms with Gasteiger partial charge in [0.15, 0.2) is 5.58 Å². The number of carbonyl (C=O) groups excluding carboxylic acids is 1.